The van der Waals surface area contributed by atoms with Gasteiger partial charge < -0.3 is 14.6 Å². The van der Waals surface area contributed by atoms with E-state index >= 15 is 0 Å². The minimum Gasteiger partial charge on any atom is -0.480 e. The maximum atomic E-state index is 13.3. The fourth-order valence-electron chi connectivity index (χ4n) is 3.05. The Labute approximate surface area is 163 Å². The lowest BCUT2D eigenvalue weighted by atomic mass is 9.74. The van der Waals surface area contributed by atoms with Gasteiger partial charge in [-0.3, -0.25) is 4.79 Å². The van der Waals surface area contributed by atoms with E-state index in [-0.39, 0.29) is 39.7 Å². The van der Waals surface area contributed by atoms with Crippen LogP contribution in [0.3, 0.4) is 0 Å². The third kappa shape index (κ3) is 4.00. The molecule has 0 aromatic heterocycles. The molecule has 5 nitrogen and oxygen atoms in total. The second kappa shape index (κ2) is 7.37. The summed E-state index contributed by atoms with van der Waals surface area (Å²) in [7, 11) is 0. The van der Waals surface area contributed by atoms with Gasteiger partial charge in [0, 0.05) is 5.56 Å². The van der Waals surface area contributed by atoms with Crippen LogP contribution < -0.4 is 4.74 Å². The fraction of sp³-hybridized carbons (Fsp3) is 0.579. The van der Waals surface area contributed by atoms with Crippen molar-refractivity contribution in [3.8, 4) is 5.75 Å². The van der Waals surface area contributed by atoms with Gasteiger partial charge in [0.15, 0.2) is 12.4 Å². The number of carbonyl (C=O) groups excluding carboxylic acids is 1. The van der Waals surface area contributed by atoms with Crippen molar-refractivity contribution < 1.29 is 24.2 Å². The molecule has 2 rings (SSSR count). The van der Waals surface area contributed by atoms with Gasteiger partial charge >= 0.3 is 5.97 Å². The molecule has 1 aliphatic carbocycles. The minimum absolute atomic E-state index is 0.0166. The number of hydrogen-bond donors (Lipinski definition) is 1. The van der Waals surface area contributed by atoms with Crippen LogP contribution in [-0.4, -0.2) is 35.7 Å². The van der Waals surface area contributed by atoms with E-state index in [4.69, 9.17) is 37.8 Å². The van der Waals surface area contributed by atoms with Crippen LogP contribution in [0, 0.1) is 11.3 Å². The predicted octanol–water partition coefficient (Wildman–Crippen LogP) is 4.65. The van der Waals surface area contributed by atoms with Crippen molar-refractivity contribution in [1.82, 2.24) is 0 Å². The summed E-state index contributed by atoms with van der Waals surface area (Å²) in [5.41, 5.74) is -0.0381. The number of rotatable bonds is 6. The fourth-order valence-corrected chi connectivity index (χ4v) is 3.55. The lowest BCUT2D eigenvalue weighted by molar-refractivity contribution is -0.139. The van der Waals surface area contributed by atoms with Gasteiger partial charge in [0.1, 0.15) is 10.8 Å². The highest BCUT2D eigenvalue weighted by atomic mass is 35.5. The van der Waals surface area contributed by atoms with Crippen LogP contribution in [0.25, 0.3) is 0 Å². The van der Waals surface area contributed by atoms with Crippen molar-refractivity contribution in [2.45, 2.75) is 46.6 Å². The number of carbonyl (C=O) groups is 2. The van der Waals surface area contributed by atoms with E-state index in [1.807, 2.05) is 34.6 Å². The molecule has 144 valence electrons. The van der Waals surface area contributed by atoms with E-state index in [9.17, 15) is 9.59 Å². The summed E-state index contributed by atoms with van der Waals surface area (Å²) >= 11 is 12.6. The first kappa shape index (κ1) is 21.0. The van der Waals surface area contributed by atoms with Crippen molar-refractivity contribution in [3.63, 3.8) is 0 Å². The van der Waals surface area contributed by atoms with Crippen LogP contribution in [0.2, 0.25) is 10.0 Å². The molecule has 0 aliphatic heterocycles. The smallest absolute Gasteiger partial charge is 0.341 e. The van der Waals surface area contributed by atoms with Crippen LogP contribution in [-0.2, 0) is 16.0 Å². The molecular formula is C19H24Cl2O5. The first-order valence-corrected chi connectivity index (χ1v) is 9.19. The third-order valence-electron chi connectivity index (χ3n) is 4.66. The second-order valence-corrected chi connectivity index (χ2v) is 8.69. The van der Waals surface area contributed by atoms with Crippen LogP contribution in [0.15, 0.2) is 6.07 Å². The second-order valence-electron chi connectivity index (χ2n) is 7.94. The number of hydrogen-bond acceptors (Lipinski definition) is 4. The van der Waals surface area contributed by atoms with Crippen LogP contribution in [0.5, 0.6) is 5.75 Å². The SMILES string of the molecule is CC(C)C1(COC(C)(C)C)Cc2cc(OCC(=O)O)c(Cl)c(Cl)c2C1=O. The monoisotopic (exact) mass is 402 g/mol. The van der Waals surface area contributed by atoms with Gasteiger partial charge in [0.05, 0.1) is 22.6 Å². The van der Waals surface area contributed by atoms with Gasteiger partial charge in [-0.2, -0.15) is 0 Å². The van der Waals surface area contributed by atoms with Gasteiger partial charge in [-0.1, -0.05) is 37.0 Å². The summed E-state index contributed by atoms with van der Waals surface area (Å²) in [4.78, 5) is 24.0. The van der Waals surface area contributed by atoms with Crippen molar-refractivity contribution in [3.05, 3.63) is 27.2 Å². The maximum absolute atomic E-state index is 13.3. The molecule has 1 aromatic rings. The number of aliphatic carboxylic acids is 1. The number of fused-ring (bicyclic) bond motifs is 1. The number of benzene rings is 1. The number of carboxylic acid groups (broad SMARTS) is 1. The lowest BCUT2D eigenvalue weighted by Gasteiger charge is -2.34. The van der Waals surface area contributed by atoms with E-state index < -0.39 is 18.0 Å². The Morgan fingerprint density at radius 3 is 2.42 bits per heavy atom. The molecule has 0 heterocycles. The van der Waals surface area contributed by atoms with Crippen molar-refractivity contribution in [2.24, 2.45) is 11.3 Å². The Bertz CT molecular complexity index is 736. The van der Waals surface area contributed by atoms with Gasteiger partial charge in [0.2, 0.25) is 0 Å². The average molecular weight is 403 g/mol. The van der Waals surface area contributed by atoms with Gasteiger partial charge in [-0.15, -0.1) is 0 Å². The maximum Gasteiger partial charge on any atom is 0.341 e. The number of halogens is 2. The first-order chi connectivity index (χ1) is 11.9. The standard InChI is InChI=1S/C19H24Cl2O5/c1-10(2)19(9-26-18(3,4)5)7-11-6-12(25-8-13(22)23)15(20)16(21)14(11)17(19)24/h6,10H,7-9H2,1-5H3,(H,22,23). The van der Waals surface area contributed by atoms with E-state index in [1.54, 1.807) is 6.07 Å². The molecule has 0 fully saturated rings. The van der Waals surface area contributed by atoms with Gasteiger partial charge in [-0.25, -0.2) is 4.79 Å². The minimum atomic E-state index is -1.12. The Kier molecular flexibility index (Phi) is 5.96. The zero-order chi connectivity index (χ0) is 19.9. The summed E-state index contributed by atoms with van der Waals surface area (Å²) in [5, 5.41) is 8.96. The molecule has 1 aliphatic rings. The van der Waals surface area contributed by atoms with Crippen molar-refractivity contribution >= 4 is 35.0 Å². The zero-order valence-electron chi connectivity index (χ0n) is 15.6. The molecule has 1 unspecified atom stereocenters. The van der Waals surface area contributed by atoms with E-state index in [0.717, 1.165) is 0 Å². The van der Waals surface area contributed by atoms with E-state index in [2.05, 4.69) is 0 Å². The van der Waals surface area contributed by atoms with Gasteiger partial charge in [-0.05, 0) is 44.7 Å². The molecular weight excluding hydrogens is 379 g/mol. The van der Waals surface area contributed by atoms with E-state index in [1.165, 1.54) is 0 Å². The normalized spacial score (nSPS) is 19.8. The number of Topliss-reactive ketones (excluding diaryl/α,β-unsaturated/α-hetero) is 1. The van der Waals surface area contributed by atoms with Crippen molar-refractivity contribution in [2.75, 3.05) is 13.2 Å². The van der Waals surface area contributed by atoms with Crippen molar-refractivity contribution in [1.29, 1.82) is 0 Å². The molecule has 0 bridgehead atoms. The summed E-state index contributed by atoms with van der Waals surface area (Å²) in [6, 6.07) is 1.62. The molecule has 7 heteroatoms. The molecule has 0 amide bonds. The molecule has 0 saturated carbocycles. The Morgan fingerprint density at radius 1 is 1.31 bits per heavy atom. The highest BCUT2D eigenvalue weighted by Gasteiger charge is 2.50. The quantitative estimate of drug-likeness (QED) is 0.749. The van der Waals surface area contributed by atoms with Crippen LogP contribution in [0.4, 0.5) is 0 Å². The number of ketones is 1. The predicted molar refractivity (Wildman–Crippen MR) is 101 cm³/mol. The topological polar surface area (TPSA) is 72.8 Å². The summed E-state index contributed by atoms with van der Waals surface area (Å²) in [6.07, 6.45) is 0.440. The average Bonchev–Trinajstić information content (AvgIpc) is 2.80. The Balaban J connectivity index is 2.45. The number of ether oxygens (including phenoxy) is 2. The Hall–Kier alpha value is -1.30. The molecule has 26 heavy (non-hydrogen) atoms. The largest absolute Gasteiger partial charge is 0.480 e. The van der Waals surface area contributed by atoms with E-state index in [0.29, 0.717) is 17.5 Å². The molecule has 0 saturated heterocycles. The summed E-state index contributed by atoms with van der Waals surface area (Å²) in [5.74, 6) is -1.03. The summed E-state index contributed by atoms with van der Waals surface area (Å²) < 4.78 is 11.2. The number of carboxylic acids is 1. The van der Waals surface area contributed by atoms with Crippen LogP contribution in [0.1, 0.15) is 50.5 Å². The zero-order valence-corrected chi connectivity index (χ0v) is 17.1. The van der Waals surface area contributed by atoms with Crippen LogP contribution >= 0.6 is 23.2 Å². The third-order valence-corrected chi connectivity index (χ3v) is 5.51. The molecule has 1 aromatic carbocycles. The Morgan fingerprint density at radius 2 is 1.92 bits per heavy atom. The molecule has 0 spiro atoms. The lowest BCUT2D eigenvalue weighted by Crippen LogP contribution is -2.41. The first-order valence-electron chi connectivity index (χ1n) is 8.43. The highest BCUT2D eigenvalue weighted by molar-refractivity contribution is 6.45. The summed E-state index contributed by atoms with van der Waals surface area (Å²) in [6.45, 7) is 9.51. The highest BCUT2D eigenvalue weighted by Crippen LogP contribution is 2.49. The molecule has 1 atom stereocenters. The molecule has 1 N–H and O–H groups in total. The molecule has 0 radical (unpaired) electrons. The van der Waals surface area contributed by atoms with Gasteiger partial charge in [0.25, 0.3) is 0 Å².